The van der Waals surface area contributed by atoms with Gasteiger partial charge >= 0.3 is 0 Å². The number of hydrogen-bond donors (Lipinski definition) is 0. The molecule has 1 unspecified atom stereocenters. The van der Waals surface area contributed by atoms with Crippen LogP contribution in [-0.2, 0) is 19.6 Å². The largest absolute Gasteiger partial charge is 0.339 e. The standard InChI is InChI=1S/C16H29N3O4S/c1-3-13-24(22,23)19-8-6-5-7-14(19)16(21)18-11-9-17(10-12-18)15(20)4-2/h14H,3-13H2,1-2H3. The van der Waals surface area contributed by atoms with E-state index < -0.39 is 16.1 Å². The summed E-state index contributed by atoms with van der Waals surface area (Å²) in [6, 6.07) is -0.566. The molecular formula is C16H29N3O4S. The topological polar surface area (TPSA) is 78.0 Å². The Kier molecular flexibility index (Phi) is 6.62. The molecule has 2 saturated heterocycles. The lowest BCUT2D eigenvalue weighted by Crippen LogP contribution is -2.57. The average Bonchev–Trinajstić information content (AvgIpc) is 2.60. The predicted octanol–water partition coefficient (Wildman–Crippen LogP) is 0.662. The first kappa shape index (κ1) is 19.2. The van der Waals surface area contributed by atoms with E-state index in [0.29, 0.717) is 52.0 Å². The molecule has 1 atom stereocenters. The Labute approximate surface area is 145 Å². The van der Waals surface area contributed by atoms with Crippen LogP contribution in [-0.4, -0.2) is 78.9 Å². The molecule has 2 amide bonds. The van der Waals surface area contributed by atoms with Gasteiger partial charge in [0.05, 0.1) is 5.75 Å². The number of rotatable bonds is 5. The number of amides is 2. The lowest BCUT2D eigenvalue weighted by molar-refractivity contribution is -0.142. The van der Waals surface area contributed by atoms with Crippen molar-refractivity contribution in [2.24, 2.45) is 0 Å². The zero-order chi connectivity index (χ0) is 17.7. The van der Waals surface area contributed by atoms with Crippen LogP contribution in [0.3, 0.4) is 0 Å². The van der Waals surface area contributed by atoms with Crippen LogP contribution < -0.4 is 0 Å². The maximum atomic E-state index is 12.9. The third-order valence-electron chi connectivity index (χ3n) is 4.80. The molecule has 7 nitrogen and oxygen atoms in total. The van der Waals surface area contributed by atoms with E-state index in [-0.39, 0.29) is 17.6 Å². The van der Waals surface area contributed by atoms with Gasteiger partial charge in [-0.25, -0.2) is 8.42 Å². The van der Waals surface area contributed by atoms with Gasteiger partial charge in [-0.2, -0.15) is 4.31 Å². The Morgan fingerprint density at radius 3 is 2.17 bits per heavy atom. The van der Waals surface area contributed by atoms with Crippen molar-refractivity contribution < 1.29 is 18.0 Å². The van der Waals surface area contributed by atoms with Crippen molar-refractivity contribution in [2.45, 2.75) is 52.0 Å². The van der Waals surface area contributed by atoms with Crippen molar-refractivity contribution in [2.75, 3.05) is 38.5 Å². The smallest absolute Gasteiger partial charge is 0.241 e. The predicted molar refractivity (Wildman–Crippen MR) is 91.9 cm³/mol. The highest BCUT2D eigenvalue weighted by atomic mass is 32.2. The second-order valence-electron chi connectivity index (χ2n) is 6.50. The number of piperidine rings is 1. The van der Waals surface area contributed by atoms with Crippen LogP contribution in [0.25, 0.3) is 0 Å². The number of piperazine rings is 1. The minimum atomic E-state index is -3.37. The van der Waals surface area contributed by atoms with Crippen molar-refractivity contribution in [3.63, 3.8) is 0 Å². The maximum absolute atomic E-state index is 12.9. The van der Waals surface area contributed by atoms with Gasteiger partial charge in [0.15, 0.2) is 0 Å². The summed E-state index contributed by atoms with van der Waals surface area (Å²) in [5.41, 5.74) is 0. The van der Waals surface area contributed by atoms with Gasteiger partial charge in [0.2, 0.25) is 21.8 Å². The molecule has 0 bridgehead atoms. The van der Waals surface area contributed by atoms with Crippen molar-refractivity contribution in [1.82, 2.24) is 14.1 Å². The fraction of sp³-hybridized carbons (Fsp3) is 0.875. The molecule has 138 valence electrons. The van der Waals surface area contributed by atoms with E-state index in [9.17, 15) is 18.0 Å². The number of carbonyl (C=O) groups is 2. The lowest BCUT2D eigenvalue weighted by Gasteiger charge is -2.40. The summed E-state index contributed by atoms with van der Waals surface area (Å²) in [5, 5.41) is 0. The molecule has 0 saturated carbocycles. The molecule has 8 heteroatoms. The van der Waals surface area contributed by atoms with Crippen molar-refractivity contribution in [3.05, 3.63) is 0 Å². The first-order chi connectivity index (χ1) is 11.4. The number of hydrogen-bond acceptors (Lipinski definition) is 4. The Hall–Kier alpha value is -1.15. The molecule has 0 radical (unpaired) electrons. The Bertz CT molecular complexity index is 556. The van der Waals surface area contributed by atoms with Crippen molar-refractivity contribution in [1.29, 1.82) is 0 Å². The number of nitrogens with zero attached hydrogens (tertiary/aromatic N) is 3. The van der Waals surface area contributed by atoms with Crippen LogP contribution in [0.2, 0.25) is 0 Å². The van der Waals surface area contributed by atoms with Gasteiger partial charge in [-0.3, -0.25) is 9.59 Å². The van der Waals surface area contributed by atoms with Crippen LogP contribution in [0, 0.1) is 0 Å². The average molecular weight is 359 g/mol. The van der Waals surface area contributed by atoms with Gasteiger partial charge < -0.3 is 9.80 Å². The van der Waals surface area contributed by atoms with Gasteiger partial charge in [-0.1, -0.05) is 20.3 Å². The Balaban J connectivity index is 2.03. The second kappa shape index (κ2) is 8.29. The van der Waals surface area contributed by atoms with E-state index in [2.05, 4.69) is 0 Å². The molecule has 0 N–H and O–H groups in total. The quantitative estimate of drug-likeness (QED) is 0.722. The summed E-state index contributed by atoms with van der Waals surface area (Å²) < 4.78 is 26.4. The van der Waals surface area contributed by atoms with E-state index in [1.807, 2.05) is 13.8 Å². The highest BCUT2D eigenvalue weighted by Crippen LogP contribution is 2.23. The van der Waals surface area contributed by atoms with E-state index in [0.717, 1.165) is 12.8 Å². The molecule has 2 fully saturated rings. The molecule has 0 aromatic rings. The fourth-order valence-electron chi connectivity index (χ4n) is 3.47. The fourth-order valence-corrected chi connectivity index (χ4v) is 5.21. The third-order valence-corrected chi connectivity index (χ3v) is 6.88. The summed E-state index contributed by atoms with van der Waals surface area (Å²) in [6.45, 7) is 6.15. The maximum Gasteiger partial charge on any atom is 0.241 e. The zero-order valence-electron chi connectivity index (χ0n) is 14.7. The van der Waals surface area contributed by atoms with Gasteiger partial charge in [0.1, 0.15) is 6.04 Å². The minimum absolute atomic E-state index is 0.0928. The summed E-state index contributed by atoms with van der Waals surface area (Å²) in [5.74, 6) is 0.0973. The van der Waals surface area contributed by atoms with Gasteiger partial charge in [0.25, 0.3) is 0 Å². The van der Waals surface area contributed by atoms with Crippen molar-refractivity contribution in [3.8, 4) is 0 Å². The van der Waals surface area contributed by atoms with E-state index in [4.69, 9.17) is 0 Å². The molecule has 2 aliphatic heterocycles. The van der Waals surface area contributed by atoms with E-state index in [1.54, 1.807) is 9.80 Å². The summed E-state index contributed by atoms with van der Waals surface area (Å²) in [4.78, 5) is 28.1. The van der Waals surface area contributed by atoms with Crippen LogP contribution in [0.4, 0.5) is 0 Å². The summed E-state index contributed by atoms with van der Waals surface area (Å²) in [7, 11) is -3.37. The van der Waals surface area contributed by atoms with Gasteiger partial charge in [-0.05, 0) is 19.3 Å². The number of carbonyl (C=O) groups excluding carboxylic acids is 2. The van der Waals surface area contributed by atoms with Crippen LogP contribution >= 0.6 is 0 Å². The molecule has 2 aliphatic rings. The molecular weight excluding hydrogens is 330 g/mol. The molecule has 0 aliphatic carbocycles. The Morgan fingerprint density at radius 1 is 0.958 bits per heavy atom. The molecule has 2 heterocycles. The SMILES string of the molecule is CCCS(=O)(=O)N1CCCCC1C(=O)N1CCN(C(=O)CC)CC1. The number of sulfonamides is 1. The highest BCUT2D eigenvalue weighted by Gasteiger charge is 2.39. The minimum Gasteiger partial charge on any atom is -0.339 e. The summed E-state index contributed by atoms with van der Waals surface area (Å²) in [6.07, 6.45) is 3.31. The Morgan fingerprint density at radius 2 is 1.58 bits per heavy atom. The second-order valence-corrected chi connectivity index (χ2v) is 8.54. The molecule has 2 rings (SSSR count). The normalized spacial score (nSPS) is 23.3. The van der Waals surface area contributed by atoms with E-state index in [1.165, 1.54) is 4.31 Å². The highest BCUT2D eigenvalue weighted by molar-refractivity contribution is 7.89. The summed E-state index contributed by atoms with van der Waals surface area (Å²) >= 11 is 0. The van der Waals surface area contributed by atoms with Crippen LogP contribution in [0.15, 0.2) is 0 Å². The zero-order valence-corrected chi connectivity index (χ0v) is 15.6. The van der Waals surface area contributed by atoms with Gasteiger partial charge in [-0.15, -0.1) is 0 Å². The molecule has 0 spiro atoms. The third kappa shape index (κ3) is 4.27. The van der Waals surface area contributed by atoms with E-state index >= 15 is 0 Å². The monoisotopic (exact) mass is 359 g/mol. The van der Waals surface area contributed by atoms with Gasteiger partial charge in [0, 0.05) is 39.1 Å². The molecule has 0 aromatic heterocycles. The molecule has 0 aromatic carbocycles. The lowest BCUT2D eigenvalue weighted by atomic mass is 10.0. The first-order valence-corrected chi connectivity index (χ1v) is 10.6. The van der Waals surface area contributed by atoms with Crippen LogP contribution in [0.5, 0.6) is 0 Å². The molecule has 24 heavy (non-hydrogen) atoms. The van der Waals surface area contributed by atoms with Crippen LogP contribution in [0.1, 0.15) is 46.0 Å². The first-order valence-electron chi connectivity index (χ1n) is 8.96. The van der Waals surface area contributed by atoms with Crippen molar-refractivity contribution >= 4 is 21.8 Å².